The minimum atomic E-state index is -0.0802. The number of hydrogen-bond donors (Lipinski definition) is 0. The molecular weight excluding hydrogens is 528 g/mol. The van der Waals surface area contributed by atoms with Crippen LogP contribution in [-0.2, 0) is 28.9 Å². The lowest BCUT2D eigenvalue weighted by molar-refractivity contribution is -0.129. The van der Waals surface area contributed by atoms with Crippen molar-refractivity contribution >= 4 is 17.3 Å². The summed E-state index contributed by atoms with van der Waals surface area (Å²) in [7, 11) is 0. The molecule has 2 aliphatic carbocycles. The first-order valence-corrected chi connectivity index (χ1v) is 17.4. The van der Waals surface area contributed by atoms with Crippen LogP contribution in [-0.4, -0.2) is 17.3 Å². The van der Waals surface area contributed by atoms with Crippen LogP contribution in [0.25, 0.3) is 0 Å². The van der Waals surface area contributed by atoms with Gasteiger partial charge in [0, 0.05) is 17.9 Å². The molecule has 3 nitrogen and oxygen atoms in total. The highest BCUT2D eigenvalue weighted by Crippen LogP contribution is 2.39. The van der Waals surface area contributed by atoms with E-state index >= 15 is 0 Å². The molecule has 0 aromatic heterocycles. The predicted octanol–water partition coefficient (Wildman–Crippen LogP) is 10.1. The normalized spacial score (nSPS) is 21.3. The van der Waals surface area contributed by atoms with Crippen molar-refractivity contribution in [2.75, 3.05) is 0 Å². The van der Waals surface area contributed by atoms with Crippen molar-refractivity contribution < 1.29 is 14.4 Å². The number of rotatable bonds is 13. The molecule has 2 aromatic carbocycles. The van der Waals surface area contributed by atoms with Crippen LogP contribution in [0.15, 0.2) is 42.5 Å². The van der Waals surface area contributed by atoms with E-state index in [0.29, 0.717) is 12.3 Å². The summed E-state index contributed by atoms with van der Waals surface area (Å²) in [6.45, 7) is 12.1. The fourth-order valence-corrected chi connectivity index (χ4v) is 7.89. The Morgan fingerprint density at radius 2 is 1.47 bits per heavy atom. The number of hydrogen-bond acceptors (Lipinski definition) is 3. The van der Waals surface area contributed by atoms with E-state index in [1.165, 1.54) is 62.1 Å². The largest absolute Gasteiger partial charge is 0.300 e. The smallest absolute Gasteiger partial charge is 0.163 e. The van der Waals surface area contributed by atoms with Gasteiger partial charge in [0.2, 0.25) is 0 Å². The molecular formula is C40H58O3. The maximum atomic E-state index is 13.5. The van der Waals surface area contributed by atoms with Crippen LogP contribution >= 0.6 is 0 Å². The van der Waals surface area contributed by atoms with Crippen LogP contribution in [0.3, 0.4) is 0 Å². The Labute approximate surface area is 262 Å². The number of ketones is 3. The van der Waals surface area contributed by atoms with Gasteiger partial charge in [0.1, 0.15) is 11.6 Å². The molecule has 1 saturated carbocycles. The molecule has 0 heterocycles. The summed E-state index contributed by atoms with van der Waals surface area (Å²) in [6, 6.07) is 15.4. The Morgan fingerprint density at radius 3 is 2.05 bits per heavy atom. The van der Waals surface area contributed by atoms with Crippen molar-refractivity contribution in [1.29, 1.82) is 0 Å². The number of carbonyl (C=O) groups is 3. The maximum absolute atomic E-state index is 13.5. The van der Waals surface area contributed by atoms with E-state index in [4.69, 9.17) is 0 Å². The molecule has 3 unspecified atom stereocenters. The molecule has 43 heavy (non-hydrogen) atoms. The van der Waals surface area contributed by atoms with Gasteiger partial charge in [-0.05, 0) is 118 Å². The Kier molecular flexibility index (Phi) is 14.4. The summed E-state index contributed by atoms with van der Waals surface area (Å²) < 4.78 is 0. The van der Waals surface area contributed by atoms with Crippen LogP contribution < -0.4 is 0 Å². The number of Topliss-reactive ketones (excluding diaryl/α,β-unsaturated/α-hetero) is 3. The highest BCUT2D eigenvalue weighted by atomic mass is 16.1. The van der Waals surface area contributed by atoms with E-state index < -0.39 is 0 Å². The van der Waals surface area contributed by atoms with Crippen molar-refractivity contribution in [2.45, 2.75) is 131 Å². The zero-order chi connectivity index (χ0) is 31.4. The second kappa shape index (κ2) is 17.7. The fraction of sp³-hybridized carbons (Fsp3) is 0.625. The predicted molar refractivity (Wildman–Crippen MR) is 180 cm³/mol. The van der Waals surface area contributed by atoms with Gasteiger partial charge in [-0.25, -0.2) is 0 Å². The zero-order valence-electron chi connectivity index (χ0n) is 28.1. The lowest BCUT2D eigenvalue weighted by Crippen LogP contribution is -2.30. The van der Waals surface area contributed by atoms with Gasteiger partial charge in [0.05, 0.1) is 6.42 Å². The monoisotopic (exact) mass is 586 g/mol. The molecule has 0 bridgehead atoms. The van der Waals surface area contributed by atoms with Gasteiger partial charge in [-0.3, -0.25) is 14.4 Å². The summed E-state index contributed by atoms with van der Waals surface area (Å²) in [5.41, 5.74) is 6.24. The van der Waals surface area contributed by atoms with E-state index in [1.807, 2.05) is 0 Å². The molecule has 0 radical (unpaired) electrons. The van der Waals surface area contributed by atoms with Crippen molar-refractivity contribution in [3.8, 4) is 0 Å². The Morgan fingerprint density at radius 1 is 0.837 bits per heavy atom. The maximum Gasteiger partial charge on any atom is 0.163 e. The molecule has 236 valence electrons. The van der Waals surface area contributed by atoms with E-state index in [1.54, 1.807) is 0 Å². The summed E-state index contributed by atoms with van der Waals surface area (Å²) in [5, 5.41) is 0. The molecule has 0 amide bonds. The van der Waals surface area contributed by atoms with Crippen LogP contribution in [0.4, 0.5) is 0 Å². The number of aryl methyl sites for hydroxylation is 1. The van der Waals surface area contributed by atoms with Crippen LogP contribution in [0.1, 0.15) is 138 Å². The zero-order valence-corrected chi connectivity index (χ0v) is 28.1. The second-order valence-corrected chi connectivity index (χ2v) is 13.7. The molecule has 3 heteroatoms. The second-order valence-electron chi connectivity index (χ2n) is 13.7. The third-order valence-corrected chi connectivity index (χ3v) is 9.85. The first-order valence-electron chi connectivity index (χ1n) is 17.4. The number of benzene rings is 2. The standard InChI is InChI=1S/C37H50O3.C3H8/c1-5-10-31(33(6-2)35(39)19-26(4)38)22-30-23-34-32(18-13-25(3)37(34)36(40)24-30)21-29-16-14-28(15-17-29)20-27-11-8-7-9-12-27;1-3-2/h7-9,11-13,18,28-31,33H,5-6,10,14-17,19-24H2,1-4H3;3H2,1-2H3. The summed E-state index contributed by atoms with van der Waals surface area (Å²) in [4.78, 5) is 38.2. The van der Waals surface area contributed by atoms with Crippen LogP contribution in [0, 0.1) is 36.5 Å². The molecule has 0 aliphatic heterocycles. The third kappa shape index (κ3) is 10.3. The SMILES string of the molecule is CCC.CCCC(CC1CC(=O)c2c(C)ccc(CC3CCC(Cc4ccccc4)CC3)c2C1)C(CC)C(=O)CC(C)=O. The third-order valence-electron chi connectivity index (χ3n) is 9.85. The molecule has 2 aliphatic rings. The number of fused-ring (bicyclic) bond motifs is 1. The quantitative estimate of drug-likeness (QED) is 0.219. The topological polar surface area (TPSA) is 51.2 Å². The van der Waals surface area contributed by atoms with Crippen molar-refractivity contribution in [1.82, 2.24) is 0 Å². The van der Waals surface area contributed by atoms with Gasteiger partial charge >= 0.3 is 0 Å². The highest BCUT2D eigenvalue weighted by molar-refractivity contribution is 6.00. The van der Waals surface area contributed by atoms with E-state index in [2.05, 4.69) is 77.1 Å². The van der Waals surface area contributed by atoms with Gasteiger partial charge in [0.25, 0.3) is 0 Å². The summed E-state index contributed by atoms with van der Waals surface area (Å²) >= 11 is 0. The molecule has 4 rings (SSSR count). The molecule has 0 saturated heterocycles. The van der Waals surface area contributed by atoms with Gasteiger partial charge in [-0.2, -0.15) is 0 Å². The summed E-state index contributed by atoms with van der Waals surface area (Å²) in [6.07, 6.45) is 13.9. The van der Waals surface area contributed by atoms with E-state index in [0.717, 1.165) is 55.6 Å². The lowest BCUT2D eigenvalue weighted by atomic mass is 9.70. The molecule has 2 aromatic rings. The molecule has 3 atom stereocenters. The number of carbonyl (C=O) groups excluding carboxylic acids is 3. The Balaban J connectivity index is 0.00000162. The van der Waals surface area contributed by atoms with Gasteiger partial charge in [0.15, 0.2) is 5.78 Å². The van der Waals surface area contributed by atoms with Crippen molar-refractivity contribution in [3.05, 3.63) is 70.3 Å². The van der Waals surface area contributed by atoms with Gasteiger partial charge in [-0.15, -0.1) is 0 Å². The van der Waals surface area contributed by atoms with Crippen molar-refractivity contribution in [3.63, 3.8) is 0 Å². The Hall–Kier alpha value is -2.55. The minimum Gasteiger partial charge on any atom is -0.300 e. The summed E-state index contributed by atoms with van der Waals surface area (Å²) in [5.74, 6) is 2.25. The van der Waals surface area contributed by atoms with Crippen LogP contribution in [0.5, 0.6) is 0 Å². The first-order chi connectivity index (χ1) is 20.7. The van der Waals surface area contributed by atoms with Gasteiger partial charge in [-0.1, -0.05) is 89.4 Å². The molecule has 0 spiro atoms. The van der Waals surface area contributed by atoms with Crippen LogP contribution in [0.2, 0.25) is 0 Å². The first kappa shape index (κ1) is 34.9. The van der Waals surface area contributed by atoms with Gasteiger partial charge < -0.3 is 0 Å². The van der Waals surface area contributed by atoms with E-state index in [9.17, 15) is 14.4 Å². The average Bonchev–Trinajstić information content (AvgIpc) is 2.96. The minimum absolute atomic E-state index is 0.0437. The average molecular weight is 587 g/mol. The fourth-order valence-electron chi connectivity index (χ4n) is 7.89. The van der Waals surface area contributed by atoms with Crippen molar-refractivity contribution in [2.24, 2.45) is 29.6 Å². The Bertz CT molecular complexity index is 1170. The highest BCUT2D eigenvalue weighted by Gasteiger charge is 2.34. The molecule has 1 fully saturated rings. The lowest BCUT2D eigenvalue weighted by Gasteiger charge is -2.33. The van der Waals surface area contributed by atoms with E-state index in [-0.39, 0.29) is 41.5 Å². The molecule has 0 N–H and O–H groups in total.